The van der Waals surface area contributed by atoms with Crippen molar-refractivity contribution in [2.24, 2.45) is 5.92 Å². The summed E-state index contributed by atoms with van der Waals surface area (Å²) in [4.78, 5) is 0. The highest BCUT2D eigenvalue weighted by Gasteiger charge is 2.52. The average Bonchev–Trinajstić information content (AvgIpc) is 2.77. The molecule has 0 aromatic carbocycles. The van der Waals surface area contributed by atoms with E-state index in [0.29, 0.717) is 12.0 Å². The minimum Gasteiger partial charge on any atom is -0.375 e. The van der Waals surface area contributed by atoms with E-state index in [2.05, 4.69) is 0 Å². The minimum absolute atomic E-state index is 0.208. The van der Waals surface area contributed by atoms with Gasteiger partial charge in [-0.2, -0.15) is 0 Å². The summed E-state index contributed by atoms with van der Waals surface area (Å²) in [6, 6.07) is 0. The van der Waals surface area contributed by atoms with Gasteiger partial charge < -0.3 is 9.47 Å². The van der Waals surface area contributed by atoms with Crippen LogP contribution in [0.1, 0.15) is 77.0 Å². The van der Waals surface area contributed by atoms with Gasteiger partial charge in [-0.3, -0.25) is 0 Å². The zero-order valence-corrected chi connectivity index (χ0v) is 12.2. The van der Waals surface area contributed by atoms with Crippen molar-refractivity contribution in [3.05, 3.63) is 0 Å². The molecule has 0 radical (unpaired) electrons. The lowest BCUT2D eigenvalue weighted by Crippen LogP contribution is -2.46. The molecule has 2 atom stereocenters. The zero-order valence-electron chi connectivity index (χ0n) is 12.2. The van der Waals surface area contributed by atoms with Gasteiger partial charge in [-0.15, -0.1) is 0 Å². The van der Waals surface area contributed by atoms with E-state index in [1.165, 1.54) is 77.0 Å². The Hall–Kier alpha value is -0.0800. The molecule has 2 saturated carbocycles. The Kier molecular flexibility index (Phi) is 3.15. The Bertz CT molecular complexity index is 314. The predicted molar refractivity (Wildman–Crippen MR) is 75.2 cm³/mol. The first-order valence-corrected chi connectivity index (χ1v) is 8.61. The van der Waals surface area contributed by atoms with Crippen LogP contribution in [0.2, 0.25) is 0 Å². The van der Waals surface area contributed by atoms with Crippen LogP contribution >= 0.6 is 0 Å². The Labute approximate surface area is 117 Å². The molecule has 19 heavy (non-hydrogen) atoms. The lowest BCUT2D eigenvalue weighted by Gasteiger charge is -2.44. The molecule has 4 rings (SSSR count). The van der Waals surface area contributed by atoms with Crippen LogP contribution in [0.15, 0.2) is 0 Å². The summed E-state index contributed by atoms with van der Waals surface area (Å²) in [5.41, 5.74) is 0.469. The lowest BCUT2D eigenvalue weighted by molar-refractivity contribution is -0.166. The van der Waals surface area contributed by atoms with E-state index < -0.39 is 0 Å². The Morgan fingerprint density at radius 1 is 0.684 bits per heavy atom. The van der Waals surface area contributed by atoms with Crippen molar-refractivity contribution < 1.29 is 9.47 Å². The van der Waals surface area contributed by atoms with Crippen molar-refractivity contribution >= 4 is 0 Å². The third kappa shape index (κ3) is 2.25. The monoisotopic (exact) mass is 264 g/mol. The van der Waals surface area contributed by atoms with Crippen molar-refractivity contribution in [3.63, 3.8) is 0 Å². The summed E-state index contributed by atoms with van der Waals surface area (Å²) < 4.78 is 13.0. The summed E-state index contributed by atoms with van der Waals surface area (Å²) in [7, 11) is 0. The van der Waals surface area contributed by atoms with Crippen LogP contribution in [0.4, 0.5) is 0 Å². The normalized spacial score (nSPS) is 40.4. The van der Waals surface area contributed by atoms with Crippen molar-refractivity contribution in [3.8, 4) is 0 Å². The van der Waals surface area contributed by atoms with Gasteiger partial charge in [-0.1, -0.05) is 38.5 Å². The second kappa shape index (κ2) is 4.73. The van der Waals surface area contributed by atoms with Gasteiger partial charge in [0.1, 0.15) is 0 Å². The predicted octanol–water partition coefficient (Wildman–Crippen LogP) is 4.22. The standard InChI is InChI=1S/C17H28O2/c1-3-7-16(8-4-1)12-15-14(13-18-16)11-17(19-15)9-5-2-6-10-17/h14-15H,1-13H2/t14-,15+/m0/s1. The molecule has 0 aromatic rings. The second-order valence-corrected chi connectivity index (χ2v) is 7.62. The van der Waals surface area contributed by atoms with Gasteiger partial charge in [0.15, 0.2) is 0 Å². The molecule has 4 fully saturated rings. The molecule has 0 N–H and O–H groups in total. The largest absolute Gasteiger partial charge is 0.375 e. The molecule has 0 aromatic heterocycles. The van der Waals surface area contributed by atoms with Crippen LogP contribution in [-0.2, 0) is 9.47 Å². The third-order valence-corrected chi connectivity index (χ3v) is 6.27. The average molecular weight is 264 g/mol. The fourth-order valence-electron chi connectivity index (χ4n) is 5.22. The number of hydrogen-bond donors (Lipinski definition) is 0. The third-order valence-electron chi connectivity index (χ3n) is 6.27. The first-order chi connectivity index (χ1) is 9.29. The molecule has 0 unspecified atom stereocenters. The SMILES string of the molecule is C1CCC2(CC1)C[C@H]1OC3(CCCCC3)C[C@H]1CO2. The smallest absolute Gasteiger partial charge is 0.0707 e. The highest BCUT2D eigenvalue weighted by Crippen LogP contribution is 2.51. The summed E-state index contributed by atoms with van der Waals surface area (Å²) >= 11 is 0. The maximum absolute atomic E-state index is 6.64. The molecule has 2 heterocycles. The van der Waals surface area contributed by atoms with Crippen LogP contribution < -0.4 is 0 Å². The van der Waals surface area contributed by atoms with Crippen LogP contribution in [-0.4, -0.2) is 23.9 Å². The molecule has 2 saturated heterocycles. The minimum atomic E-state index is 0.208. The van der Waals surface area contributed by atoms with E-state index in [9.17, 15) is 0 Å². The van der Waals surface area contributed by atoms with Gasteiger partial charge in [0.2, 0.25) is 0 Å². The topological polar surface area (TPSA) is 18.5 Å². The van der Waals surface area contributed by atoms with E-state index >= 15 is 0 Å². The number of rotatable bonds is 0. The van der Waals surface area contributed by atoms with Gasteiger partial charge in [-0.25, -0.2) is 0 Å². The second-order valence-electron chi connectivity index (χ2n) is 7.62. The highest BCUT2D eigenvalue weighted by molar-refractivity contribution is 5.01. The summed E-state index contributed by atoms with van der Waals surface area (Å²) in [6.45, 7) is 0.979. The van der Waals surface area contributed by atoms with Gasteiger partial charge in [0.25, 0.3) is 0 Å². The molecule has 2 spiro atoms. The zero-order chi connectivity index (χ0) is 12.8. The summed E-state index contributed by atoms with van der Waals surface area (Å²) in [6.07, 6.45) is 16.5. The molecule has 2 aliphatic carbocycles. The van der Waals surface area contributed by atoms with Crippen molar-refractivity contribution in [1.82, 2.24) is 0 Å². The molecule has 0 bridgehead atoms. The first-order valence-electron chi connectivity index (χ1n) is 8.61. The number of fused-ring (bicyclic) bond motifs is 1. The van der Waals surface area contributed by atoms with Gasteiger partial charge >= 0.3 is 0 Å². The maximum Gasteiger partial charge on any atom is 0.0707 e. The van der Waals surface area contributed by atoms with E-state index in [1.54, 1.807) is 0 Å². The Morgan fingerprint density at radius 3 is 2.00 bits per heavy atom. The van der Waals surface area contributed by atoms with E-state index in [0.717, 1.165) is 6.61 Å². The molecule has 4 aliphatic rings. The molecular weight excluding hydrogens is 236 g/mol. The van der Waals surface area contributed by atoms with Crippen molar-refractivity contribution in [1.29, 1.82) is 0 Å². The van der Waals surface area contributed by atoms with Gasteiger partial charge in [0, 0.05) is 12.3 Å². The van der Waals surface area contributed by atoms with Crippen LogP contribution in [0.3, 0.4) is 0 Å². The van der Waals surface area contributed by atoms with E-state index in [1.807, 2.05) is 0 Å². The quantitative estimate of drug-likeness (QED) is 0.652. The molecule has 2 nitrogen and oxygen atoms in total. The van der Waals surface area contributed by atoms with Gasteiger partial charge in [-0.05, 0) is 32.1 Å². The molecular formula is C17H28O2. The fourth-order valence-corrected chi connectivity index (χ4v) is 5.22. The van der Waals surface area contributed by atoms with E-state index in [4.69, 9.17) is 9.47 Å². The molecule has 0 amide bonds. The van der Waals surface area contributed by atoms with Crippen LogP contribution in [0, 0.1) is 5.92 Å². The molecule has 2 aliphatic heterocycles. The fraction of sp³-hybridized carbons (Fsp3) is 1.00. The number of hydrogen-bond acceptors (Lipinski definition) is 2. The van der Waals surface area contributed by atoms with Crippen LogP contribution in [0.5, 0.6) is 0 Å². The summed E-state index contributed by atoms with van der Waals surface area (Å²) in [5, 5.41) is 0. The highest BCUT2D eigenvalue weighted by atomic mass is 16.5. The maximum atomic E-state index is 6.64. The number of ether oxygens (including phenoxy) is 2. The molecule has 2 heteroatoms. The molecule has 108 valence electrons. The van der Waals surface area contributed by atoms with Gasteiger partial charge in [0.05, 0.1) is 23.9 Å². The van der Waals surface area contributed by atoms with Crippen LogP contribution in [0.25, 0.3) is 0 Å². The first kappa shape index (κ1) is 12.6. The lowest BCUT2D eigenvalue weighted by atomic mass is 9.75. The van der Waals surface area contributed by atoms with Crippen molar-refractivity contribution in [2.75, 3.05) is 6.61 Å². The summed E-state index contributed by atoms with van der Waals surface area (Å²) in [5.74, 6) is 0.700. The van der Waals surface area contributed by atoms with Crippen molar-refractivity contribution in [2.45, 2.75) is 94.4 Å². The van der Waals surface area contributed by atoms with E-state index in [-0.39, 0.29) is 11.2 Å². The Balaban J connectivity index is 1.47. The Morgan fingerprint density at radius 2 is 1.32 bits per heavy atom.